The van der Waals surface area contributed by atoms with Gasteiger partial charge in [-0.15, -0.1) is 11.8 Å². The normalized spacial score (nSPS) is 28.1. The first-order chi connectivity index (χ1) is 6.61. The Bertz CT molecular complexity index is 339. The zero-order valence-electron chi connectivity index (χ0n) is 7.94. The maximum Gasteiger partial charge on any atom is 0.268 e. The number of amides is 1. The van der Waals surface area contributed by atoms with Crippen LogP contribution in [0.5, 0.6) is 0 Å². The Morgan fingerprint density at radius 3 is 2.57 bits per heavy atom. The third-order valence-corrected chi connectivity index (χ3v) is 5.02. The molecule has 0 spiro atoms. The van der Waals surface area contributed by atoms with Crippen LogP contribution >= 0.6 is 35.7 Å². The van der Waals surface area contributed by atoms with Crippen molar-refractivity contribution in [2.24, 2.45) is 0 Å². The van der Waals surface area contributed by atoms with E-state index in [1.165, 1.54) is 16.7 Å². The number of hydrogen-bond acceptors (Lipinski definition) is 5. The van der Waals surface area contributed by atoms with Gasteiger partial charge in [0, 0.05) is 26.4 Å². The second-order valence-electron chi connectivity index (χ2n) is 3.14. The fraction of sp³-hybridized carbons (Fsp3) is 0.500. The van der Waals surface area contributed by atoms with Crippen LogP contribution in [0.25, 0.3) is 0 Å². The summed E-state index contributed by atoms with van der Waals surface area (Å²) in [5.41, 5.74) is 0. The summed E-state index contributed by atoms with van der Waals surface area (Å²) < 4.78 is 0.651. The van der Waals surface area contributed by atoms with Gasteiger partial charge in [-0.1, -0.05) is 24.0 Å². The number of thioether (sulfide) groups is 2. The van der Waals surface area contributed by atoms with Gasteiger partial charge in [0.15, 0.2) is 0 Å². The van der Waals surface area contributed by atoms with Crippen LogP contribution in [0.1, 0.15) is 0 Å². The molecule has 2 fully saturated rings. The minimum absolute atomic E-state index is 0.0382. The van der Waals surface area contributed by atoms with Gasteiger partial charge < -0.3 is 4.90 Å². The minimum Gasteiger partial charge on any atom is -0.368 e. The molecule has 0 N–H and O–H groups in total. The van der Waals surface area contributed by atoms with Gasteiger partial charge in [-0.3, -0.25) is 9.69 Å². The van der Waals surface area contributed by atoms with Crippen LogP contribution in [0.3, 0.4) is 0 Å². The Kier molecular flexibility index (Phi) is 2.77. The van der Waals surface area contributed by atoms with E-state index in [-0.39, 0.29) is 5.91 Å². The summed E-state index contributed by atoms with van der Waals surface area (Å²) in [6.07, 6.45) is 0. The van der Waals surface area contributed by atoms with Crippen LogP contribution in [0, 0.1) is 0 Å². The van der Waals surface area contributed by atoms with Crippen LogP contribution in [-0.2, 0) is 4.79 Å². The molecule has 0 aromatic carbocycles. The van der Waals surface area contributed by atoms with Crippen molar-refractivity contribution in [3.8, 4) is 0 Å². The van der Waals surface area contributed by atoms with E-state index in [0.29, 0.717) is 4.32 Å². The Hall–Kier alpha value is -0.200. The average Bonchev–Trinajstić information content (AvgIpc) is 2.66. The van der Waals surface area contributed by atoms with Crippen LogP contribution in [0.2, 0.25) is 0 Å². The fourth-order valence-corrected chi connectivity index (χ4v) is 3.88. The van der Waals surface area contributed by atoms with Gasteiger partial charge >= 0.3 is 0 Å². The van der Waals surface area contributed by atoms with Gasteiger partial charge in [-0.2, -0.15) is 0 Å². The van der Waals surface area contributed by atoms with E-state index < -0.39 is 0 Å². The summed E-state index contributed by atoms with van der Waals surface area (Å²) in [5.74, 6) is 1.09. The molecule has 2 aliphatic rings. The molecular weight excluding hydrogens is 236 g/mol. The highest BCUT2D eigenvalue weighted by molar-refractivity contribution is 8.27. The van der Waals surface area contributed by atoms with Crippen molar-refractivity contribution in [2.75, 3.05) is 26.4 Å². The molecule has 2 heterocycles. The summed E-state index contributed by atoms with van der Waals surface area (Å²) in [7, 11) is 3.74. The summed E-state index contributed by atoms with van der Waals surface area (Å²) in [4.78, 5) is 16.2. The van der Waals surface area contributed by atoms with E-state index in [9.17, 15) is 4.79 Å². The fourth-order valence-electron chi connectivity index (χ4n) is 1.30. The van der Waals surface area contributed by atoms with E-state index in [1.54, 1.807) is 18.8 Å². The first-order valence-electron chi connectivity index (χ1n) is 4.19. The summed E-state index contributed by atoms with van der Waals surface area (Å²) in [6.45, 7) is 1.01. The zero-order chi connectivity index (χ0) is 10.3. The number of rotatable bonds is 0. The molecule has 3 nitrogen and oxygen atoms in total. The lowest BCUT2D eigenvalue weighted by Gasteiger charge is -2.12. The molecule has 0 aromatic rings. The van der Waals surface area contributed by atoms with Gasteiger partial charge in [0.2, 0.25) is 0 Å². The van der Waals surface area contributed by atoms with E-state index in [1.807, 2.05) is 7.05 Å². The number of hydrogen-bond donors (Lipinski definition) is 0. The van der Waals surface area contributed by atoms with E-state index in [4.69, 9.17) is 12.2 Å². The third-order valence-electron chi connectivity index (χ3n) is 2.17. The van der Waals surface area contributed by atoms with Crippen LogP contribution < -0.4 is 0 Å². The molecule has 2 aliphatic heterocycles. The van der Waals surface area contributed by atoms with E-state index in [2.05, 4.69) is 4.90 Å². The topological polar surface area (TPSA) is 23.6 Å². The second-order valence-corrected chi connectivity index (χ2v) is 5.86. The quantitative estimate of drug-likeness (QED) is 0.474. The van der Waals surface area contributed by atoms with E-state index >= 15 is 0 Å². The lowest BCUT2D eigenvalue weighted by molar-refractivity contribution is -0.121. The second kappa shape index (κ2) is 3.75. The molecule has 0 unspecified atom stereocenters. The first-order valence-corrected chi connectivity index (χ1v) is 6.40. The molecule has 14 heavy (non-hydrogen) atoms. The summed E-state index contributed by atoms with van der Waals surface area (Å²) in [5, 5.41) is 1.08. The van der Waals surface area contributed by atoms with Crippen molar-refractivity contribution < 1.29 is 4.79 Å². The zero-order valence-corrected chi connectivity index (χ0v) is 10.4. The average molecular weight is 246 g/mol. The molecule has 0 saturated carbocycles. The molecule has 2 saturated heterocycles. The number of nitrogens with zero attached hydrogens (tertiary/aromatic N) is 2. The standard InChI is InChI=1S/C8H10N2OS3/c1-9-3-4-13-7(9)5-6(11)10(2)8(12)14-5/h3-4H2,1-2H3/b7-5-. The first kappa shape index (κ1) is 10.3. The van der Waals surface area contributed by atoms with Crippen molar-refractivity contribution in [1.82, 2.24) is 9.80 Å². The highest BCUT2D eigenvalue weighted by atomic mass is 32.2. The smallest absolute Gasteiger partial charge is 0.268 e. The number of likely N-dealkylation sites (N-methyl/N-ethyl adjacent to an activating group) is 1. The Morgan fingerprint density at radius 1 is 1.43 bits per heavy atom. The lowest BCUT2D eigenvalue weighted by Crippen LogP contribution is -2.23. The minimum atomic E-state index is 0.0382. The molecule has 0 atom stereocenters. The molecule has 0 bridgehead atoms. The van der Waals surface area contributed by atoms with Crippen molar-refractivity contribution in [1.29, 1.82) is 0 Å². The molecule has 0 radical (unpaired) electrons. The van der Waals surface area contributed by atoms with Gasteiger partial charge in [-0.25, -0.2) is 0 Å². The molecular formula is C8H10N2OS3. The molecule has 2 rings (SSSR count). The Balaban J connectivity index is 2.35. The maximum absolute atomic E-state index is 11.8. The lowest BCUT2D eigenvalue weighted by atomic mass is 10.5. The Morgan fingerprint density at radius 2 is 2.14 bits per heavy atom. The highest BCUT2D eigenvalue weighted by Crippen LogP contribution is 2.39. The van der Waals surface area contributed by atoms with Gasteiger partial charge in [0.25, 0.3) is 5.91 Å². The van der Waals surface area contributed by atoms with Crippen LogP contribution in [-0.4, -0.2) is 46.4 Å². The van der Waals surface area contributed by atoms with E-state index in [0.717, 1.165) is 22.2 Å². The number of thiocarbonyl (C=S) groups is 1. The van der Waals surface area contributed by atoms with Crippen LogP contribution in [0.15, 0.2) is 9.93 Å². The molecule has 1 amide bonds. The van der Waals surface area contributed by atoms with Crippen molar-refractivity contribution in [3.05, 3.63) is 9.93 Å². The highest BCUT2D eigenvalue weighted by Gasteiger charge is 2.34. The maximum atomic E-state index is 11.8. The molecule has 0 aromatic heterocycles. The SMILES string of the molecule is CN1C(=O)/C(=C2/SCCN2C)SC1=S. The number of carbonyl (C=O) groups excluding carboxylic acids is 1. The summed E-state index contributed by atoms with van der Waals surface area (Å²) >= 11 is 8.22. The van der Waals surface area contributed by atoms with Gasteiger partial charge in [-0.05, 0) is 0 Å². The molecule has 6 heteroatoms. The van der Waals surface area contributed by atoms with Crippen LogP contribution in [0.4, 0.5) is 0 Å². The molecule has 76 valence electrons. The predicted octanol–water partition coefficient (Wildman–Crippen LogP) is 1.32. The van der Waals surface area contributed by atoms with Crippen molar-refractivity contribution in [3.63, 3.8) is 0 Å². The van der Waals surface area contributed by atoms with Crippen molar-refractivity contribution >= 4 is 46.0 Å². The van der Waals surface area contributed by atoms with Crippen molar-refractivity contribution in [2.45, 2.75) is 0 Å². The molecule has 0 aliphatic carbocycles. The third kappa shape index (κ3) is 1.55. The van der Waals surface area contributed by atoms with Gasteiger partial charge in [0.1, 0.15) is 9.23 Å². The predicted molar refractivity (Wildman–Crippen MR) is 65.1 cm³/mol. The Labute approximate surface area is 96.9 Å². The largest absolute Gasteiger partial charge is 0.368 e. The monoisotopic (exact) mass is 246 g/mol. The summed E-state index contributed by atoms with van der Waals surface area (Å²) in [6, 6.07) is 0. The number of carbonyl (C=O) groups is 1. The van der Waals surface area contributed by atoms with Gasteiger partial charge in [0.05, 0.1) is 5.03 Å².